The Morgan fingerprint density at radius 2 is 1.84 bits per heavy atom. The molecule has 3 rings (SSSR count). The lowest BCUT2D eigenvalue weighted by molar-refractivity contribution is 0.122. The first kappa shape index (κ1) is 13.0. The Hall–Kier alpha value is -0.970. The highest BCUT2D eigenvalue weighted by Gasteiger charge is 2.26. The van der Waals surface area contributed by atoms with Gasteiger partial charge >= 0.3 is 0 Å². The van der Waals surface area contributed by atoms with Crippen LogP contribution in [0.25, 0.3) is 0 Å². The quantitative estimate of drug-likeness (QED) is 0.860. The Labute approximate surface area is 115 Å². The van der Waals surface area contributed by atoms with Gasteiger partial charge in [0.1, 0.15) is 0 Å². The summed E-state index contributed by atoms with van der Waals surface area (Å²) in [6.07, 6.45) is 4.81. The first-order valence-electron chi connectivity index (χ1n) is 7.42. The van der Waals surface area contributed by atoms with E-state index in [0.717, 1.165) is 23.7 Å². The predicted octanol–water partition coefficient (Wildman–Crippen LogP) is 1.07. The van der Waals surface area contributed by atoms with Gasteiger partial charge in [0, 0.05) is 52.0 Å². The van der Waals surface area contributed by atoms with Gasteiger partial charge in [-0.1, -0.05) is 6.07 Å². The highest BCUT2D eigenvalue weighted by Crippen LogP contribution is 2.29. The predicted molar refractivity (Wildman–Crippen MR) is 76.6 cm³/mol. The third-order valence-corrected chi connectivity index (χ3v) is 4.19. The van der Waals surface area contributed by atoms with Crippen molar-refractivity contribution in [2.45, 2.75) is 25.9 Å². The Morgan fingerprint density at radius 3 is 2.42 bits per heavy atom. The molecule has 1 aliphatic heterocycles. The van der Waals surface area contributed by atoms with Crippen molar-refractivity contribution in [1.82, 2.24) is 14.8 Å². The largest absolute Gasteiger partial charge is 0.326 e. The summed E-state index contributed by atoms with van der Waals surface area (Å²) < 4.78 is 0. The zero-order valence-corrected chi connectivity index (χ0v) is 11.6. The van der Waals surface area contributed by atoms with Crippen molar-refractivity contribution in [3.63, 3.8) is 0 Å². The van der Waals surface area contributed by atoms with E-state index in [1.54, 1.807) is 0 Å². The maximum atomic E-state index is 5.59. The van der Waals surface area contributed by atoms with Crippen LogP contribution in [0.2, 0.25) is 0 Å². The van der Waals surface area contributed by atoms with Crippen LogP contribution >= 0.6 is 0 Å². The molecule has 1 aliphatic carbocycles. The Bertz CT molecular complexity index is 391. The first-order valence-corrected chi connectivity index (χ1v) is 7.42. The van der Waals surface area contributed by atoms with E-state index in [2.05, 4.69) is 26.9 Å². The fraction of sp³-hybridized carbons (Fsp3) is 0.667. The lowest BCUT2D eigenvalue weighted by Crippen LogP contribution is -2.46. The normalized spacial score (nSPS) is 21.7. The fourth-order valence-electron chi connectivity index (χ4n) is 2.69. The SMILES string of the molecule is NCc1ccc(CN2CCN(CC3CC3)CC2)nc1. The van der Waals surface area contributed by atoms with Gasteiger partial charge in [0.25, 0.3) is 0 Å². The molecule has 0 bridgehead atoms. The highest BCUT2D eigenvalue weighted by molar-refractivity contribution is 5.13. The lowest BCUT2D eigenvalue weighted by atomic mass is 10.2. The van der Waals surface area contributed by atoms with E-state index in [1.807, 2.05) is 6.20 Å². The van der Waals surface area contributed by atoms with Gasteiger partial charge in [0.15, 0.2) is 0 Å². The van der Waals surface area contributed by atoms with Gasteiger partial charge in [0.05, 0.1) is 5.69 Å². The summed E-state index contributed by atoms with van der Waals surface area (Å²) in [7, 11) is 0. The number of nitrogens with two attached hydrogens (primary N) is 1. The summed E-state index contributed by atoms with van der Waals surface area (Å²) in [6, 6.07) is 4.20. The van der Waals surface area contributed by atoms with Crippen LogP contribution in [0, 0.1) is 5.92 Å². The molecule has 4 heteroatoms. The molecule has 0 unspecified atom stereocenters. The van der Waals surface area contributed by atoms with E-state index in [0.29, 0.717) is 6.54 Å². The standard InChI is InChI=1S/C15H24N4/c16-9-14-3-4-15(17-10-14)12-19-7-5-18(6-8-19)11-13-1-2-13/h3-4,10,13H,1-2,5-9,11-12,16H2. The summed E-state index contributed by atoms with van der Waals surface area (Å²) in [6.45, 7) is 7.67. The smallest absolute Gasteiger partial charge is 0.0544 e. The molecular weight excluding hydrogens is 236 g/mol. The van der Waals surface area contributed by atoms with Crippen LogP contribution in [-0.4, -0.2) is 47.5 Å². The third kappa shape index (κ3) is 3.75. The van der Waals surface area contributed by atoms with Crippen molar-refractivity contribution in [3.05, 3.63) is 29.6 Å². The molecule has 1 aromatic heterocycles. The molecule has 2 heterocycles. The van der Waals surface area contributed by atoms with Crippen LogP contribution in [0.4, 0.5) is 0 Å². The van der Waals surface area contributed by atoms with Gasteiger partial charge < -0.3 is 10.6 Å². The van der Waals surface area contributed by atoms with Crippen LogP contribution in [-0.2, 0) is 13.1 Å². The fourth-order valence-corrected chi connectivity index (χ4v) is 2.69. The maximum absolute atomic E-state index is 5.59. The van der Waals surface area contributed by atoms with E-state index < -0.39 is 0 Å². The van der Waals surface area contributed by atoms with Crippen molar-refractivity contribution in [3.8, 4) is 0 Å². The van der Waals surface area contributed by atoms with E-state index in [1.165, 1.54) is 45.6 Å². The van der Waals surface area contributed by atoms with E-state index in [-0.39, 0.29) is 0 Å². The number of nitrogens with zero attached hydrogens (tertiary/aromatic N) is 3. The number of rotatable bonds is 5. The van der Waals surface area contributed by atoms with Gasteiger partial charge in [-0.25, -0.2) is 0 Å². The van der Waals surface area contributed by atoms with Crippen LogP contribution in [0.3, 0.4) is 0 Å². The second-order valence-electron chi connectivity index (χ2n) is 5.88. The monoisotopic (exact) mass is 260 g/mol. The first-order chi connectivity index (χ1) is 9.33. The number of hydrogen-bond acceptors (Lipinski definition) is 4. The molecule has 104 valence electrons. The van der Waals surface area contributed by atoms with E-state index in [9.17, 15) is 0 Å². The molecule has 0 aromatic carbocycles. The minimum Gasteiger partial charge on any atom is -0.326 e. The zero-order chi connectivity index (χ0) is 13.1. The van der Waals surface area contributed by atoms with Crippen molar-refractivity contribution in [1.29, 1.82) is 0 Å². The Morgan fingerprint density at radius 1 is 1.11 bits per heavy atom. The third-order valence-electron chi connectivity index (χ3n) is 4.19. The zero-order valence-electron chi connectivity index (χ0n) is 11.6. The minimum absolute atomic E-state index is 0.577. The van der Waals surface area contributed by atoms with Gasteiger partial charge in [-0.15, -0.1) is 0 Å². The van der Waals surface area contributed by atoms with Gasteiger partial charge in [-0.3, -0.25) is 9.88 Å². The topological polar surface area (TPSA) is 45.4 Å². The summed E-state index contributed by atoms with van der Waals surface area (Å²) in [5.41, 5.74) is 7.86. The van der Waals surface area contributed by atoms with E-state index in [4.69, 9.17) is 5.73 Å². The van der Waals surface area contributed by atoms with Crippen molar-refractivity contribution < 1.29 is 0 Å². The summed E-state index contributed by atoms with van der Waals surface area (Å²) in [4.78, 5) is 9.62. The molecule has 1 saturated heterocycles. The van der Waals surface area contributed by atoms with Crippen molar-refractivity contribution in [2.24, 2.45) is 11.7 Å². The lowest BCUT2D eigenvalue weighted by Gasteiger charge is -2.34. The molecule has 4 nitrogen and oxygen atoms in total. The van der Waals surface area contributed by atoms with Gasteiger partial charge in [0.2, 0.25) is 0 Å². The van der Waals surface area contributed by atoms with E-state index >= 15 is 0 Å². The molecular formula is C15H24N4. The molecule has 1 saturated carbocycles. The van der Waals surface area contributed by atoms with Crippen LogP contribution in [0.5, 0.6) is 0 Å². The minimum atomic E-state index is 0.577. The maximum Gasteiger partial charge on any atom is 0.0544 e. The average molecular weight is 260 g/mol. The number of pyridine rings is 1. The molecule has 1 aromatic rings. The summed E-state index contributed by atoms with van der Waals surface area (Å²) in [5, 5.41) is 0. The van der Waals surface area contributed by atoms with Gasteiger partial charge in [-0.05, 0) is 30.4 Å². The molecule has 0 atom stereocenters. The summed E-state index contributed by atoms with van der Waals surface area (Å²) >= 11 is 0. The summed E-state index contributed by atoms with van der Waals surface area (Å²) in [5.74, 6) is 1.01. The van der Waals surface area contributed by atoms with Crippen molar-refractivity contribution in [2.75, 3.05) is 32.7 Å². The average Bonchev–Trinajstić information content (AvgIpc) is 3.26. The molecule has 0 spiro atoms. The van der Waals surface area contributed by atoms with Crippen molar-refractivity contribution >= 4 is 0 Å². The van der Waals surface area contributed by atoms with Crippen LogP contribution in [0.15, 0.2) is 18.3 Å². The second kappa shape index (κ2) is 5.99. The van der Waals surface area contributed by atoms with Gasteiger partial charge in [-0.2, -0.15) is 0 Å². The Balaban J connectivity index is 1.45. The number of aromatic nitrogens is 1. The molecule has 19 heavy (non-hydrogen) atoms. The number of piperazine rings is 1. The molecule has 2 fully saturated rings. The Kier molecular flexibility index (Phi) is 4.11. The molecule has 2 N–H and O–H groups in total. The van der Waals surface area contributed by atoms with Crippen LogP contribution < -0.4 is 5.73 Å². The second-order valence-corrected chi connectivity index (χ2v) is 5.88. The highest BCUT2D eigenvalue weighted by atomic mass is 15.3. The number of hydrogen-bond donors (Lipinski definition) is 1. The molecule has 0 radical (unpaired) electrons. The van der Waals surface area contributed by atoms with Crippen LogP contribution in [0.1, 0.15) is 24.1 Å². The molecule has 2 aliphatic rings. The molecule has 0 amide bonds.